The molecule has 1 saturated heterocycles. The third kappa shape index (κ3) is 4.56. The summed E-state index contributed by atoms with van der Waals surface area (Å²) in [5, 5.41) is 11.7. The van der Waals surface area contributed by atoms with Gasteiger partial charge in [-0.3, -0.25) is 9.59 Å². The van der Waals surface area contributed by atoms with E-state index in [9.17, 15) is 9.59 Å². The molecule has 0 radical (unpaired) electrons. The summed E-state index contributed by atoms with van der Waals surface area (Å²) in [5.41, 5.74) is 1.65. The number of amides is 1. The van der Waals surface area contributed by atoms with E-state index in [1.165, 1.54) is 0 Å². The van der Waals surface area contributed by atoms with Crippen LogP contribution < -0.4 is 5.32 Å². The number of ether oxygens (including phenoxy) is 1. The Hall–Kier alpha value is -1.88. The van der Waals surface area contributed by atoms with Gasteiger partial charge in [-0.2, -0.15) is 0 Å². The molecule has 1 aliphatic rings. The summed E-state index contributed by atoms with van der Waals surface area (Å²) in [7, 11) is 0. The van der Waals surface area contributed by atoms with Crippen LogP contribution in [0.5, 0.6) is 0 Å². The van der Waals surface area contributed by atoms with Gasteiger partial charge >= 0.3 is 5.97 Å². The molecule has 2 atom stereocenters. The van der Waals surface area contributed by atoms with E-state index in [4.69, 9.17) is 9.84 Å². The minimum Gasteiger partial charge on any atom is -0.481 e. The van der Waals surface area contributed by atoms with Crippen molar-refractivity contribution in [3.8, 4) is 0 Å². The van der Waals surface area contributed by atoms with Crippen LogP contribution >= 0.6 is 0 Å². The predicted octanol–water partition coefficient (Wildman–Crippen LogP) is 2.46. The van der Waals surface area contributed by atoms with Crippen molar-refractivity contribution in [3.05, 3.63) is 29.8 Å². The summed E-state index contributed by atoms with van der Waals surface area (Å²) < 4.78 is 5.44. The van der Waals surface area contributed by atoms with Crippen LogP contribution in [0.2, 0.25) is 0 Å². The first-order chi connectivity index (χ1) is 10.1. The molecule has 5 nitrogen and oxygen atoms in total. The smallest absolute Gasteiger partial charge is 0.306 e. The first kappa shape index (κ1) is 15.5. The van der Waals surface area contributed by atoms with E-state index in [0.29, 0.717) is 18.7 Å². The van der Waals surface area contributed by atoms with Crippen LogP contribution in [0.1, 0.15) is 31.7 Å². The molecule has 2 rings (SSSR count). The molecule has 1 aromatic carbocycles. The van der Waals surface area contributed by atoms with E-state index < -0.39 is 11.9 Å². The normalized spacial score (nSPS) is 19.8. The Kier molecular flexibility index (Phi) is 5.33. The van der Waals surface area contributed by atoms with Crippen molar-refractivity contribution in [1.82, 2.24) is 0 Å². The molecule has 114 valence electrons. The first-order valence-electron chi connectivity index (χ1n) is 7.30. The molecule has 1 heterocycles. The van der Waals surface area contributed by atoms with Gasteiger partial charge in [-0.1, -0.05) is 19.1 Å². The number of rotatable bonds is 5. The third-order valence-corrected chi connectivity index (χ3v) is 3.66. The second kappa shape index (κ2) is 7.22. The Labute approximate surface area is 124 Å². The highest BCUT2D eigenvalue weighted by molar-refractivity contribution is 5.94. The molecule has 1 fully saturated rings. The van der Waals surface area contributed by atoms with Crippen molar-refractivity contribution in [2.45, 2.75) is 38.7 Å². The number of nitrogens with one attached hydrogen (secondary N) is 1. The maximum absolute atomic E-state index is 12.0. The maximum atomic E-state index is 12.0. The molecule has 0 aromatic heterocycles. The lowest BCUT2D eigenvalue weighted by Crippen LogP contribution is -2.33. The average molecular weight is 291 g/mol. The Bertz CT molecular complexity index is 492. The second-order valence-corrected chi connectivity index (χ2v) is 5.48. The van der Waals surface area contributed by atoms with Crippen LogP contribution in [-0.4, -0.2) is 29.7 Å². The van der Waals surface area contributed by atoms with Crippen molar-refractivity contribution in [3.63, 3.8) is 0 Å². The van der Waals surface area contributed by atoms with Gasteiger partial charge in [0.1, 0.15) is 6.10 Å². The molecule has 0 spiro atoms. The Morgan fingerprint density at radius 2 is 2.05 bits per heavy atom. The van der Waals surface area contributed by atoms with Crippen LogP contribution in [0.15, 0.2) is 24.3 Å². The van der Waals surface area contributed by atoms with Crippen LogP contribution in [0.4, 0.5) is 5.69 Å². The molecule has 0 saturated carbocycles. The zero-order chi connectivity index (χ0) is 15.2. The molecule has 1 amide bonds. The third-order valence-electron chi connectivity index (χ3n) is 3.66. The van der Waals surface area contributed by atoms with Crippen LogP contribution in [0, 0.1) is 5.92 Å². The van der Waals surface area contributed by atoms with E-state index in [2.05, 4.69) is 5.32 Å². The van der Waals surface area contributed by atoms with Gasteiger partial charge in [0, 0.05) is 12.3 Å². The van der Waals surface area contributed by atoms with Crippen molar-refractivity contribution in [2.24, 2.45) is 5.92 Å². The molecule has 0 bridgehead atoms. The lowest BCUT2D eigenvalue weighted by atomic mass is 10.0. The number of anilines is 1. The average Bonchev–Trinajstić information content (AvgIpc) is 2.50. The monoisotopic (exact) mass is 291 g/mol. The Morgan fingerprint density at radius 3 is 2.62 bits per heavy atom. The molecule has 2 N–H and O–H groups in total. The highest BCUT2D eigenvalue weighted by Gasteiger charge is 2.21. The highest BCUT2D eigenvalue weighted by Crippen LogP contribution is 2.17. The summed E-state index contributed by atoms with van der Waals surface area (Å²) in [4.78, 5) is 22.8. The number of carbonyl (C=O) groups is 2. The summed E-state index contributed by atoms with van der Waals surface area (Å²) in [6.45, 7) is 2.32. The molecular formula is C16H21NO4. The Morgan fingerprint density at radius 1 is 1.33 bits per heavy atom. The van der Waals surface area contributed by atoms with E-state index in [0.717, 1.165) is 24.8 Å². The molecule has 5 heteroatoms. The Balaban J connectivity index is 1.89. The van der Waals surface area contributed by atoms with Crippen LogP contribution in [0.3, 0.4) is 0 Å². The number of hydrogen-bond acceptors (Lipinski definition) is 3. The minimum atomic E-state index is -0.804. The van der Waals surface area contributed by atoms with Crippen LogP contribution in [0.25, 0.3) is 0 Å². The van der Waals surface area contributed by atoms with Crippen molar-refractivity contribution in [1.29, 1.82) is 0 Å². The lowest BCUT2D eigenvalue weighted by Gasteiger charge is -2.21. The number of benzene rings is 1. The molecule has 21 heavy (non-hydrogen) atoms. The SMILES string of the molecule is CC(Cc1ccc(NC(=O)C2CCCCO2)cc1)C(=O)O. The van der Waals surface area contributed by atoms with Gasteiger partial charge in [0.25, 0.3) is 5.91 Å². The summed E-state index contributed by atoms with van der Waals surface area (Å²) in [5.74, 6) is -1.33. The van der Waals surface area contributed by atoms with Gasteiger partial charge in [0.05, 0.1) is 5.92 Å². The zero-order valence-corrected chi connectivity index (χ0v) is 12.2. The predicted molar refractivity (Wildman–Crippen MR) is 79.2 cm³/mol. The quantitative estimate of drug-likeness (QED) is 0.873. The fourth-order valence-electron chi connectivity index (χ4n) is 2.34. The van der Waals surface area contributed by atoms with Gasteiger partial charge in [0.15, 0.2) is 0 Å². The molecule has 0 aliphatic carbocycles. The lowest BCUT2D eigenvalue weighted by molar-refractivity contribution is -0.141. The van der Waals surface area contributed by atoms with E-state index in [1.807, 2.05) is 12.1 Å². The van der Waals surface area contributed by atoms with E-state index >= 15 is 0 Å². The number of aliphatic carboxylic acids is 1. The number of carboxylic acid groups (broad SMARTS) is 1. The van der Waals surface area contributed by atoms with Gasteiger partial charge in [-0.05, 0) is 43.4 Å². The van der Waals surface area contributed by atoms with Gasteiger partial charge < -0.3 is 15.2 Å². The largest absolute Gasteiger partial charge is 0.481 e. The molecule has 1 aliphatic heterocycles. The van der Waals surface area contributed by atoms with Gasteiger partial charge in [-0.15, -0.1) is 0 Å². The van der Waals surface area contributed by atoms with E-state index in [-0.39, 0.29) is 12.0 Å². The maximum Gasteiger partial charge on any atom is 0.306 e. The van der Waals surface area contributed by atoms with Crippen LogP contribution in [-0.2, 0) is 20.7 Å². The second-order valence-electron chi connectivity index (χ2n) is 5.48. The molecular weight excluding hydrogens is 270 g/mol. The van der Waals surface area contributed by atoms with Crippen molar-refractivity contribution < 1.29 is 19.4 Å². The number of carbonyl (C=O) groups excluding carboxylic acids is 1. The van der Waals surface area contributed by atoms with Gasteiger partial charge in [0.2, 0.25) is 0 Å². The number of hydrogen-bond donors (Lipinski definition) is 2. The minimum absolute atomic E-state index is 0.110. The highest BCUT2D eigenvalue weighted by atomic mass is 16.5. The van der Waals surface area contributed by atoms with E-state index in [1.54, 1.807) is 19.1 Å². The summed E-state index contributed by atoms with van der Waals surface area (Å²) in [6, 6.07) is 7.28. The first-order valence-corrected chi connectivity index (χ1v) is 7.30. The van der Waals surface area contributed by atoms with Crippen molar-refractivity contribution >= 4 is 17.6 Å². The van der Waals surface area contributed by atoms with Gasteiger partial charge in [-0.25, -0.2) is 0 Å². The van der Waals surface area contributed by atoms with Crippen molar-refractivity contribution in [2.75, 3.05) is 11.9 Å². The fourth-order valence-corrected chi connectivity index (χ4v) is 2.34. The topological polar surface area (TPSA) is 75.6 Å². The zero-order valence-electron chi connectivity index (χ0n) is 12.2. The summed E-state index contributed by atoms with van der Waals surface area (Å²) in [6.07, 6.45) is 2.92. The molecule has 1 aromatic rings. The standard InChI is InChI=1S/C16H21NO4/c1-11(16(19)20)10-12-5-7-13(8-6-12)17-15(18)14-4-2-3-9-21-14/h5-8,11,14H,2-4,9-10H2,1H3,(H,17,18)(H,19,20). The molecule has 2 unspecified atom stereocenters. The fraction of sp³-hybridized carbons (Fsp3) is 0.500. The summed E-state index contributed by atoms with van der Waals surface area (Å²) >= 11 is 0. The number of carboxylic acids is 1.